The van der Waals surface area contributed by atoms with Gasteiger partial charge < -0.3 is 14.6 Å². The van der Waals surface area contributed by atoms with Crippen LogP contribution in [0.2, 0.25) is 0 Å². The highest BCUT2D eigenvalue weighted by molar-refractivity contribution is 5.89. The zero-order valence-corrected chi connectivity index (χ0v) is 13.3. The summed E-state index contributed by atoms with van der Waals surface area (Å²) in [5, 5.41) is 4.68. The molecule has 1 aromatic carbocycles. The van der Waals surface area contributed by atoms with E-state index in [9.17, 15) is 4.79 Å². The van der Waals surface area contributed by atoms with Crippen LogP contribution in [0.15, 0.2) is 18.2 Å². The second-order valence-electron chi connectivity index (χ2n) is 5.21. The van der Waals surface area contributed by atoms with Gasteiger partial charge in [-0.1, -0.05) is 18.2 Å². The van der Waals surface area contributed by atoms with Gasteiger partial charge >= 0.3 is 5.97 Å². The molecule has 0 bridgehead atoms. The molecule has 0 saturated carbocycles. The van der Waals surface area contributed by atoms with Crippen LogP contribution in [0, 0.1) is 6.92 Å². The molecule has 2 aromatic rings. The van der Waals surface area contributed by atoms with E-state index < -0.39 is 0 Å². The fourth-order valence-electron chi connectivity index (χ4n) is 3.13. The number of fused-ring (bicyclic) bond motifs is 3. The van der Waals surface area contributed by atoms with Gasteiger partial charge in [0.15, 0.2) is 0 Å². The number of carbonyl (C=O) groups is 1. The highest BCUT2D eigenvalue weighted by Gasteiger charge is 2.22. The Balaban J connectivity index is 0.00000161. The zero-order valence-electron chi connectivity index (χ0n) is 12.4. The van der Waals surface area contributed by atoms with Crippen LogP contribution in [0.4, 0.5) is 0 Å². The van der Waals surface area contributed by atoms with Crippen LogP contribution < -0.4 is 5.32 Å². The molecule has 1 N–H and O–H groups in total. The van der Waals surface area contributed by atoms with Crippen molar-refractivity contribution in [2.24, 2.45) is 0 Å². The van der Waals surface area contributed by atoms with Crippen molar-refractivity contribution in [2.45, 2.75) is 33.4 Å². The largest absolute Gasteiger partial charge is 0.465 e. The molecule has 4 nitrogen and oxygen atoms in total. The van der Waals surface area contributed by atoms with Crippen molar-refractivity contribution in [1.29, 1.82) is 0 Å². The van der Waals surface area contributed by atoms with Crippen molar-refractivity contribution in [3.8, 4) is 0 Å². The Morgan fingerprint density at radius 2 is 2.24 bits per heavy atom. The number of para-hydroxylation sites is 1. The predicted molar refractivity (Wildman–Crippen MR) is 86.0 cm³/mol. The molecular weight excluding hydrogens is 288 g/mol. The van der Waals surface area contributed by atoms with Gasteiger partial charge in [-0.25, -0.2) is 0 Å². The van der Waals surface area contributed by atoms with E-state index >= 15 is 0 Å². The molecule has 1 aromatic heterocycles. The van der Waals surface area contributed by atoms with Gasteiger partial charge in [0.05, 0.1) is 12.1 Å². The second-order valence-corrected chi connectivity index (χ2v) is 5.21. The van der Waals surface area contributed by atoms with Gasteiger partial charge in [0.2, 0.25) is 0 Å². The SMILES string of the molecule is CCOC(=O)Cn1c2c(c3cccc(C)c31)CNCC2.Cl. The first-order valence-corrected chi connectivity index (χ1v) is 7.18. The van der Waals surface area contributed by atoms with Crippen molar-refractivity contribution in [2.75, 3.05) is 13.2 Å². The first-order chi connectivity index (χ1) is 9.72. The molecule has 0 atom stereocenters. The molecule has 114 valence electrons. The number of rotatable bonds is 3. The molecule has 1 aliphatic heterocycles. The molecule has 0 amide bonds. The zero-order chi connectivity index (χ0) is 14.1. The standard InChI is InChI=1S/C16H20N2O2.ClH/c1-3-20-15(19)10-18-14-7-8-17-9-13(14)12-6-4-5-11(2)16(12)18;/h4-6,17H,3,7-10H2,1-2H3;1H. The lowest BCUT2D eigenvalue weighted by atomic mass is 10.0. The number of esters is 1. The van der Waals surface area contributed by atoms with Crippen molar-refractivity contribution in [1.82, 2.24) is 9.88 Å². The first-order valence-electron chi connectivity index (χ1n) is 7.18. The molecule has 0 spiro atoms. The van der Waals surface area contributed by atoms with Crippen LogP contribution in [0.1, 0.15) is 23.7 Å². The lowest BCUT2D eigenvalue weighted by molar-refractivity contribution is -0.143. The summed E-state index contributed by atoms with van der Waals surface area (Å²) in [5.41, 5.74) is 5.00. The van der Waals surface area contributed by atoms with Crippen molar-refractivity contribution in [3.05, 3.63) is 35.0 Å². The third-order valence-electron chi connectivity index (χ3n) is 3.94. The van der Waals surface area contributed by atoms with Crippen LogP contribution in [0.3, 0.4) is 0 Å². The summed E-state index contributed by atoms with van der Waals surface area (Å²) in [6, 6.07) is 6.33. The fourth-order valence-corrected chi connectivity index (χ4v) is 3.13. The number of hydrogen-bond donors (Lipinski definition) is 1. The number of benzene rings is 1. The monoisotopic (exact) mass is 308 g/mol. The maximum absolute atomic E-state index is 11.9. The van der Waals surface area contributed by atoms with E-state index in [2.05, 4.69) is 35.0 Å². The van der Waals surface area contributed by atoms with E-state index in [4.69, 9.17) is 4.74 Å². The molecule has 0 unspecified atom stereocenters. The van der Waals surface area contributed by atoms with Crippen LogP contribution in [-0.2, 0) is 29.0 Å². The minimum absolute atomic E-state index is 0. The number of nitrogens with zero attached hydrogens (tertiary/aromatic N) is 1. The average molecular weight is 309 g/mol. The van der Waals surface area contributed by atoms with Gasteiger partial charge in [-0.15, -0.1) is 12.4 Å². The Labute approximate surface area is 130 Å². The van der Waals surface area contributed by atoms with Gasteiger partial charge in [0, 0.05) is 30.6 Å². The molecule has 0 radical (unpaired) electrons. The minimum atomic E-state index is -0.158. The Bertz CT molecular complexity index is 664. The lowest BCUT2D eigenvalue weighted by Crippen LogP contribution is -2.26. The number of aromatic nitrogens is 1. The van der Waals surface area contributed by atoms with Crippen molar-refractivity contribution in [3.63, 3.8) is 0 Å². The summed E-state index contributed by atoms with van der Waals surface area (Å²) in [6.45, 7) is 6.53. The van der Waals surface area contributed by atoms with Gasteiger partial charge in [-0.3, -0.25) is 4.79 Å². The number of carbonyl (C=O) groups excluding carboxylic acids is 1. The molecule has 3 rings (SSSR count). The summed E-state index contributed by atoms with van der Waals surface area (Å²) >= 11 is 0. The molecule has 0 saturated heterocycles. The van der Waals surface area contributed by atoms with E-state index in [1.54, 1.807) is 0 Å². The third kappa shape index (κ3) is 2.78. The van der Waals surface area contributed by atoms with E-state index in [1.807, 2.05) is 6.92 Å². The number of hydrogen-bond acceptors (Lipinski definition) is 3. The van der Waals surface area contributed by atoms with Gasteiger partial charge in [-0.05, 0) is 25.0 Å². The second kappa shape index (κ2) is 6.50. The maximum atomic E-state index is 11.9. The Hall–Kier alpha value is -1.52. The average Bonchev–Trinajstić information content (AvgIpc) is 2.76. The number of aryl methyl sites for hydroxylation is 1. The first kappa shape index (κ1) is 15.9. The highest BCUT2D eigenvalue weighted by Crippen LogP contribution is 2.30. The third-order valence-corrected chi connectivity index (χ3v) is 3.94. The van der Waals surface area contributed by atoms with Crippen molar-refractivity contribution < 1.29 is 9.53 Å². The summed E-state index contributed by atoms with van der Waals surface area (Å²) in [5.74, 6) is -0.158. The quantitative estimate of drug-likeness (QED) is 0.886. The molecule has 0 fully saturated rings. The number of ether oxygens (including phenoxy) is 1. The Morgan fingerprint density at radius 1 is 1.43 bits per heavy atom. The normalized spacial score (nSPS) is 13.6. The number of nitrogens with one attached hydrogen (secondary N) is 1. The minimum Gasteiger partial charge on any atom is -0.465 e. The van der Waals surface area contributed by atoms with Crippen LogP contribution in [-0.4, -0.2) is 23.7 Å². The van der Waals surface area contributed by atoms with Crippen molar-refractivity contribution >= 4 is 29.3 Å². The fraction of sp³-hybridized carbons (Fsp3) is 0.438. The van der Waals surface area contributed by atoms with Crippen LogP contribution in [0.25, 0.3) is 10.9 Å². The molecule has 5 heteroatoms. The van der Waals surface area contributed by atoms with Crippen LogP contribution >= 0.6 is 12.4 Å². The summed E-state index contributed by atoms with van der Waals surface area (Å²) in [6.07, 6.45) is 0.961. The summed E-state index contributed by atoms with van der Waals surface area (Å²) in [4.78, 5) is 11.9. The Kier molecular flexibility index (Phi) is 4.91. The summed E-state index contributed by atoms with van der Waals surface area (Å²) in [7, 11) is 0. The molecular formula is C16H21ClN2O2. The van der Waals surface area contributed by atoms with Gasteiger partial charge in [0.1, 0.15) is 6.54 Å². The van der Waals surface area contributed by atoms with E-state index in [0.29, 0.717) is 13.2 Å². The Morgan fingerprint density at radius 3 is 3.00 bits per heavy atom. The van der Waals surface area contributed by atoms with Gasteiger partial charge in [0.25, 0.3) is 0 Å². The molecule has 2 heterocycles. The maximum Gasteiger partial charge on any atom is 0.325 e. The predicted octanol–water partition coefficient (Wildman–Crippen LogP) is 2.58. The molecule has 1 aliphatic rings. The van der Waals surface area contributed by atoms with E-state index in [0.717, 1.165) is 19.5 Å². The van der Waals surface area contributed by atoms with E-state index in [1.165, 1.54) is 27.7 Å². The van der Waals surface area contributed by atoms with Gasteiger partial charge in [-0.2, -0.15) is 0 Å². The summed E-state index contributed by atoms with van der Waals surface area (Å²) < 4.78 is 7.27. The lowest BCUT2D eigenvalue weighted by Gasteiger charge is -2.16. The number of halogens is 1. The van der Waals surface area contributed by atoms with Crippen LogP contribution in [0.5, 0.6) is 0 Å². The smallest absolute Gasteiger partial charge is 0.325 e. The highest BCUT2D eigenvalue weighted by atomic mass is 35.5. The molecule has 0 aliphatic carbocycles. The topological polar surface area (TPSA) is 43.3 Å². The van der Waals surface area contributed by atoms with E-state index in [-0.39, 0.29) is 18.4 Å². The molecule has 21 heavy (non-hydrogen) atoms.